The highest BCUT2D eigenvalue weighted by Crippen LogP contribution is 2.40. The molecule has 0 aliphatic carbocycles. The van der Waals surface area contributed by atoms with E-state index < -0.39 is 11.7 Å². The van der Waals surface area contributed by atoms with Crippen molar-refractivity contribution < 1.29 is 22.6 Å². The maximum Gasteiger partial charge on any atom is 0.418 e. The van der Waals surface area contributed by atoms with Crippen molar-refractivity contribution in [2.24, 2.45) is 0 Å². The van der Waals surface area contributed by atoms with Gasteiger partial charge in [-0.1, -0.05) is 97.1 Å². The third kappa shape index (κ3) is 6.78. The van der Waals surface area contributed by atoms with Gasteiger partial charge in [0.25, 0.3) is 0 Å². The van der Waals surface area contributed by atoms with Crippen molar-refractivity contribution in [1.29, 1.82) is 0 Å². The predicted molar refractivity (Wildman–Crippen MR) is 173 cm³/mol. The number of nitrogens with zero attached hydrogens (tertiary/aromatic N) is 1. The van der Waals surface area contributed by atoms with Crippen LogP contribution in [0, 0.1) is 0 Å². The summed E-state index contributed by atoms with van der Waals surface area (Å²) >= 11 is 0. The summed E-state index contributed by atoms with van der Waals surface area (Å²) in [5.41, 5.74) is 5.36. The highest BCUT2D eigenvalue weighted by Gasteiger charge is 2.33. The second-order valence-corrected chi connectivity index (χ2v) is 10.7. The van der Waals surface area contributed by atoms with Gasteiger partial charge in [0.15, 0.2) is 11.5 Å². The molecule has 0 radical (unpaired) electrons. The van der Waals surface area contributed by atoms with Crippen LogP contribution < -0.4 is 14.8 Å². The summed E-state index contributed by atoms with van der Waals surface area (Å²) in [7, 11) is 1.61. The van der Waals surface area contributed by atoms with Crippen LogP contribution in [0.4, 0.5) is 18.9 Å². The topological polar surface area (TPSA) is 43.4 Å². The van der Waals surface area contributed by atoms with Crippen LogP contribution in [0.3, 0.4) is 0 Å². The Bertz CT molecular complexity index is 1910. The third-order valence-electron chi connectivity index (χ3n) is 7.66. The van der Waals surface area contributed by atoms with Crippen LogP contribution >= 0.6 is 0 Å². The van der Waals surface area contributed by atoms with Crippen LogP contribution in [-0.4, -0.2) is 12.1 Å². The number of hydrogen-bond acceptors (Lipinski definition) is 4. The van der Waals surface area contributed by atoms with Gasteiger partial charge in [-0.2, -0.15) is 13.2 Å². The molecule has 226 valence electrons. The lowest BCUT2D eigenvalue weighted by atomic mass is 9.91. The average molecular weight is 605 g/mol. The Morgan fingerprint density at radius 1 is 0.733 bits per heavy atom. The molecule has 7 heteroatoms. The van der Waals surface area contributed by atoms with Gasteiger partial charge in [0.1, 0.15) is 6.61 Å². The van der Waals surface area contributed by atoms with Gasteiger partial charge in [-0.25, -0.2) is 0 Å². The van der Waals surface area contributed by atoms with Gasteiger partial charge in [0.2, 0.25) is 0 Å². The molecule has 6 rings (SSSR count). The molecule has 0 saturated carbocycles. The van der Waals surface area contributed by atoms with Gasteiger partial charge in [0, 0.05) is 29.4 Å². The van der Waals surface area contributed by atoms with E-state index in [4.69, 9.17) is 9.47 Å². The van der Waals surface area contributed by atoms with E-state index in [-0.39, 0.29) is 5.52 Å². The summed E-state index contributed by atoms with van der Waals surface area (Å²) in [6, 6.07) is 37.5. The first kappa shape index (κ1) is 29.8. The maximum absolute atomic E-state index is 14.0. The van der Waals surface area contributed by atoms with Crippen LogP contribution in [0.5, 0.6) is 11.5 Å². The molecule has 0 aliphatic heterocycles. The van der Waals surface area contributed by atoms with E-state index in [1.54, 1.807) is 19.4 Å². The van der Waals surface area contributed by atoms with Gasteiger partial charge >= 0.3 is 6.18 Å². The first-order chi connectivity index (χ1) is 21.9. The number of anilines is 1. The average Bonchev–Trinajstić information content (AvgIpc) is 3.06. The SMILES string of the molecule is COc1cccc(CNc2cccc(-c3c(Cc4ccccc4)cnc4c(C(F)(F)F)cccc34)c2)c1OCc1ccccc1. The van der Waals surface area contributed by atoms with Crippen LogP contribution in [0.1, 0.15) is 27.8 Å². The first-order valence-corrected chi connectivity index (χ1v) is 14.6. The molecule has 5 aromatic carbocycles. The first-order valence-electron chi connectivity index (χ1n) is 14.6. The number of ether oxygens (including phenoxy) is 2. The molecular weight excluding hydrogens is 573 g/mol. The molecule has 0 spiro atoms. The lowest BCUT2D eigenvalue weighted by Gasteiger charge is -2.18. The van der Waals surface area contributed by atoms with E-state index in [0.717, 1.165) is 45.1 Å². The van der Waals surface area contributed by atoms with E-state index in [1.165, 1.54) is 6.07 Å². The van der Waals surface area contributed by atoms with Crippen molar-refractivity contribution >= 4 is 16.6 Å². The maximum atomic E-state index is 14.0. The summed E-state index contributed by atoms with van der Waals surface area (Å²) in [6.45, 7) is 0.833. The number of hydrogen-bond donors (Lipinski definition) is 1. The van der Waals surface area contributed by atoms with E-state index in [1.807, 2.05) is 103 Å². The summed E-state index contributed by atoms with van der Waals surface area (Å²) in [5, 5.41) is 3.94. The predicted octanol–water partition coefficient (Wildman–Crippen LogP) is 9.71. The van der Waals surface area contributed by atoms with Crippen LogP contribution in [-0.2, 0) is 25.7 Å². The van der Waals surface area contributed by atoms with Crippen molar-refractivity contribution in [2.75, 3.05) is 12.4 Å². The number of rotatable bonds is 10. The molecule has 1 heterocycles. The number of halogens is 3. The Balaban J connectivity index is 1.35. The number of para-hydroxylation sites is 2. The number of aromatic nitrogens is 1. The fraction of sp³-hybridized carbons (Fsp3) is 0.132. The molecular formula is C38H31F3N2O2. The Hall–Kier alpha value is -5.30. The summed E-state index contributed by atoms with van der Waals surface area (Å²) in [6.07, 6.45) is -2.42. The molecule has 6 aromatic rings. The molecule has 0 unspecified atom stereocenters. The zero-order chi connectivity index (χ0) is 31.2. The monoisotopic (exact) mass is 604 g/mol. The Morgan fingerprint density at radius 3 is 2.18 bits per heavy atom. The van der Waals surface area contributed by atoms with E-state index in [0.29, 0.717) is 36.5 Å². The van der Waals surface area contributed by atoms with Crippen molar-refractivity contribution in [1.82, 2.24) is 4.98 Å². The van der Waals surface area contributed by atoms with Gasteiger partial charge in [0.05, 0.1) is 18.2 Å². The number of benzene rings is 5. The van der Waals surface area contributed by atoms with Crippen LogP contribution in [0.2, 0.25) is 0 Å². The minimum Gasteiger partial charge on any atom is -0.493 e. The largest absolute Gasteiger partial charge is 0.493 e. The molecule has 0 fully saturated rings. The quantitative estimate of drug-likeness (QED) is 0.169. The fourth-order valence-corrected chi connectivity index (χ4v) is 5.52. The second kappa shape index (κ2) is 13.1. The van der Waals surface area contributed by atoms with Gasteiger partial charge < -0.3 is 14.8 Å². The molecule has 0 bridgehead atoms. The fourth-order valence-electron chi connectivity index (χ4n) is 5.52. The van der Waals surface area contributed by atoms with E-state index in [9.17, 15) is 13.2 Å². The van der Waals surface area contributed by atoms with Gasteiger partial charge in [-0.05, 0) is 58.5 Å². The Labute approximate surface area is 260 Å². The normalized spacial score (nSPS) is 11.4. The molecule has 0 amide bonds. The molecule has 4 nitrogen and oxygen atoms in total. The number of fused-ring (bicyclic) bond motifs is 1. The molecule has 1 N–H and O–H groups in total. The lowest BCUT2D eigenvalue weighted by molar-refractivity contribution is -0.136. The highest BCUT2D eigenvalue weighted by atomic mass is 19.4. The summed E-state index contributed by atoms with van der Waals surface area (Å²) < 4.78 is 53.8. The number of pyridine rings is 1. The van der Waals surface area contributed by atoms with E-state index >= 15 is 0 Å². The minimum absolute atomic E-state index is 0.0632. The number of alkyl halides is 3. The zero-order valence-corrected chi connectivity index (χ0v) is 24.6. The summed E-state index contributed by atoms with van der Waals surface area (Å²) in [4.78, 5) is 4.33. The third-order valence-corrected chi connectivity index (χ3v) is 7.66. The van der Waals surface area contributed by atoms with E-state index in [2.05, 4.69) is 10.3 Å². The zero-order valence-electron chi connectivity index (χ0n) is 24.6. The standard InChI is InChI=1S/C38H31F3N2O2/c1-44-34-20-9-16-29(37(34)45-25-27-13-6-3-7-14-27)23-42-31-17-8-15-28(22-31)35-30(21-26-11-4-2-5-12-26)24-43-36-32(35)18-10-19-33(36)38(39,40)41/h2-20,22,24,42H,21,23,25H2,1H3. The second-order valence-electron chi connectivity index (χ2n) is 10.7. The Kier molecular flexibility index (Phi) is 8.69. The molecule has 0 aliphatic rings. The smallest absolute Gasteiger partial charge is 0.418 e. The molecule has 0 atom stereocenters. The minimum atomic E-state index is -4.52. The summed E-state index contributed by atoms with van der Waals surface area (Å²) in [5.74, 6) is 1.28. The van der Waals surface area contributed by atoms with Crippen molar-refractivity contribution in [3.05, 3.63) is 155 Å². The van der Waals surface area contributed by atoms with Crippen molar-refractivity contribution in [3.8, 4) is 22.6 Å². The van der Waals surface area contributed by atoms with Gasteiger partial charge in [-0.3, -0.25) is 4.98 Å². The number of methoxy groups -OCH3 is 1. The van der Waals surface area contributed by atoms with Crippen LogP contribution in [0.25, 0.3) is 22.0 Å². The number of nitrogens with one attached hydrogen (secondary N) is 1. The van der Waals surface area contributed by atoms with Gasteiger partial charge in [-0.15, -0.1) is 0 Å². The Morgan fingerprint density at radius 2 is 1.44 bits per heavy atom. The lowest BCUT2D eigenvalue weighted by Crippen LogP contribution is -2.07. The molecule has 0 saturated heterocycles. The molecule has 1 aromatic heterocycles. The highest BCUT2D eigenvalue weighted by molar-refractivity contribution is 5.98. The van der Waals surface area contributed by atoms with Crippen molar-refractivity contribution in [3.63, 3.8) is 0 Å². The molecule has 45 heavy (non-hydrogen) atoms. The van der Waals surface area contributed by atoms with Crippen molar-refractivity contribution in [2.45, 2.75) is 25.7 Å². The van der Waals surface area contributed by atoms with Crippen LogP contribution in [0.15, 0.2) is 128 Å².